The van der Waals surface area contributed by atoms with Gasteiger partial charge in [-0.2, -0.15) is 0 Å². The van der Waals surface area contributed by atoms with E-state index in [0.29, 0.717) is 17.8 Å². The molecule has 2 bridgehead atoms. The molecule has 30 heavy (non-hydrogen) atoms. The Morgan fingerprint density at radius 2 is 1.97 bits per heavy atom. The maximum absolute atomic E-state index is 13.2. The number of ether oxygens (including phenoxy) is 1. The Bertz CT molecular complexity index is 703. The van der Waals surface area contributed by atoms with Gasteiger partial charge < -0.3 is 10.1 Å². The molecule has 0 aromatic carbocycles. The van der Waals surface area contributed by atoms with Crippen LogP contribution in [-0.2, 0) is 14.3 Å². The molecule has 2 aliphatic rings. The fraction of sp³-hybridized carbons (Fsp3) is 0.667. The first-order valence-electron chi connectivity index (χ1n) is 10.9. The van der Waals surface area contributed by atoms with Crippen LogP contribution in [-0.4, -0.2) is 30.6 Å². The third-order valence-corrected chi connectivity index (χ3v) is 7.87. The molecule has 2 aliphatic carbocycles. The molecule has 0 heterocycles. The van der Waals surface area contributed by atoms with Crippen molar-refractivity contribution in [1.29, 1.82) is 0 Å². The van der Waals surface area contributed by atoms with Gasteiger partial charge in [0.05, 0.1) is 12.5 Å². The van der Waals surface area contributed by atoms with Gasteiger partial charge in [-0.1, -0.05) is 38.7 Å². The molecule has 2 N–H and O–H groups in total. The minimum absolute atomic E-state index is 0.0238. The van der Waals surface area contributed by atoms with Crippen LogP contribution < -0.4 is 10.0 Å². The second-order valence-corrected chi connectivity index (χ2v) is 10.4. The maximum Gasteiger partial charge on any atom is 0.311 e. The van der Waals surface area contributed by atoms with Gasteiger partial charge in [0.25, 0.3) is 0 Å². The molecule has 2 rings (SSSR count). The number of nitrogens with one attached hydrogen (secondary N) is 2. The Balaban J connectivity index is 2.13. The van der Waals surface area contributed by atoms with Crippen molar-refractivity contribution >= 4 is 23.8 Å². The Morgan fingerprint density at radius 1 is 1.27 bits per heavy atom. The summed E-state index contributed by atoms with van der Waals surface area (Å²) in [6.45, 7) is 15.5. The van der Waals surface area contributed by atoms with E-state index in [9.17, 15) is 9.59 Å². The van der Waals surface area contributed by atoms with Crippen LogP contribution in [0.2, 0.25) is 0 Å². The lowest BCUT2D eigenvalue weighted by Gasteiger charge is -2.51. The molecule has 0 aliphatic heterocycles. The summed E-state index contributed by atoms with van der Waals surface area (Å²) in [5.74, 6) is 1.11. The van der Waals surface area contributed by atoms with Crippen LogP contribution in [0.25, 0.3) is 0 Å². The predicted molar refractivity (Wildman–Crippen MR) is 125 cm³/mol. The van der Waals surface area contributed by atoms with E-state index in [1.165, 1.54) is 19.1 Å². The number of methoxy groups -OCH3 is 1. The minimum atomic E-state index is -0.761. The lowest BCUT2D eigenvalue weighted by atomic mass is 9.57. The number of rotatable bonds is 9. The summed E-state index contributed by atoms with van der Waals surface area (Å²) in [7, 11) is 1.47. The van der Waals surface area contributed by atoms with Crippen molar-refractivity contribution in [2.75, 3.05) is 7.11 Å². The Kier molecular flexibility index (Phi) is 8.40. The van der Waals surface area contributed by atoms with Crippen molar-refractivity contribution in [3.05, 3.63) is 36.3 Å². The minimum Gasteiger partial charge on any atom is -0.469 e. The second-order valence-electron chi connectivity index (χ2n) is 9.56. The Labute approximate surface area is 186 Å². The highest BCUT2D eigenvalue weighted by Crippen LogP contribution is 2.51. The highest BCUT2D eigenvalue weighted by molar-refractivity contribution is 8.01. The third kappa shape index (κ3) is 5.58. The van der Waals surface area contributed by atoms with Gasteiger partial charge in [0, 0.05) is 10.9 Å². The summed E-state index contributed by atoms with van der Waals surface area (Å²) >= 11 is 1.37. The number of allylic oxidation sites excluding steroid dienone is 3. The van der Waals surface area contributed by atoms with Crippen LogP contribution in [0.1, 0.15) is 59.8 Å². The first-order chi connectivity index (χ1) is 14.1. The average molecular weight is 435 g/mol. The normalized spacial score (nSPS) is 31.6. The molecular formula is C24H38N2O3S. The van der Waals surface area contributed by atoms with E-state index in [1.54, 1.807) is 12.2 Å². The first kappa shape index (κ1) is 24.7. The van der Waals surface area contributed by atoms with Gasteiger partial charge in [-0.25, -0.2) is 4.72 Å². The molecule has 5 atom stereocenters. The van der Waals surface area contributed by atoms with Crippen LogP contribution in [0.5, 0.6) is 0 Å². The van der Waals surface area contributed by atoms with Gasteiger partial charge in [-0.05, 0) is 82.2 Å². The summed E-state index contributed by atoms with van der Waals surface area (Å²) in [4.78, 5) is 26.6. The van der Waals surface area contributed by atoms with Gasteiger partial charge in [-0.3, -0.25) is 9.59 Å². The lowest BCUT2D eigenvalue weighted by molar-refractivity contribution is -0.158. The topological polar surface area (TPSA) is 67.4 Å². The Hall–Kier alpha value is -1.53. The van der Waals surface area contributed by atoms with E-state index in [0.717, 1.165) is 37.0 Å². The van der Waals surface area contributed by atoms with Gasteiger partial charge in [0.15, 0.2) is 0 Å². The number of hydrogen-bond donors (Lipinski definition) is 2. The number of amides is 1. The fourth-order valence-corrected chi connectivity index (χ4v) is 5.91. The standard InChI is InChI=1S/C24H38N2O3S/c1-8-11-19(10-3)30-26-23(4,5)21(27)25-20-17(9-2)12-16-13-18(20)15-24(6,14-16)22(28)29-7/h8,10-11,16-18,20,26H,1,3,9,12-15H2,2,4-7H3,(H,25,27)/b19-11+. The number of carbonyl (C=O) groups excluding carboxylic acids is 2. The molecule has 6 heteroatoms. The first-order valence-corrected chi connectivity index (χ1v) is 11.7. The zero-order chi connectivity index (χ0) is 22.5. The average Bonchev–Trinajstić information content (AvgIpc) is 2.71. The van der Waals surface area contributed by atoms with Crippen LogP contribution in [0.4, 0.5) is 0 Å². The number of esters is 1. The molecule has 5 unspecified atom stereocenters. The summed E-state index contributed by atoms with van der Waals surface area (Å²) in [5.41, 5.74) is -1.22. The highest BCUT2D eigenvalue weighted by Gasteiger charge is 2.50. The molecule has 1 amide bonds. The maximum atomic E-state index is 13.2. The van der Waals surface area contributed by atoms with Crippen LogP contribution in [0.3, 0.4) is 0 Å². The Morgan fingerprint density at radius 3 is 2.53 bits per heavy atom. The van der Waals surface area contributed by atoms with Crippen molar-refractivity contribution in [2.24, 2.45) is 23.2 Å². The van der Waals surface area contributed by atoms with E-state index in [1.807, 2.05) is 26.8 Å². The predicted octanol–water partition coefficient (Wildman–Crippen LogP) is 4.77. The van der Waals surface area contributed by atoms with Gasteiger partial charge in [-0.15, -0.1) is 0 Å². The summed E-state index contributed by atoms with van der Waals surface area (Å²) in [6, 6.07) is 0.0803. The zero-order valence-corrected chi connectivity index (χ0v) is 19.9. The summed E-state index contributed by atoms with van der Waals surface area (Å²) in [5, 5.41) is 3.35. The molecule has 0 radical (unpaired) electrons. The third-order valence-electron chi connectivity index (χ3n) is 6.72. The molecular weight excluding hydrogens is 396 g/mol. The van der Waals surface area contributed by atoms with Crippen molar-refractivity contribution in [1.82, 2.24) is 10.0 Å². The van der Waals surface area contributed by atoms with Crippen molar-refractivity contribution < 1.29 is 14.3 Å². The molecule has 0 saturated heterocycles. The lowest BCUT2D eigenvalue weighted by Crippen LogP contribution is -2.59. The van der Waals surface area contributed by atoms with Crippen LogP contribution >= 0.6 is 11.9 Å². The van der Waals surface area contributed by atoms with E-state index >= 15 is 0 Å². The molecule has 0 aromatic rings. The molecule has 0 aromatic heterocycles. The fourth-order valence-electron chi connectivity index (χ4n) is 5.20. The quantitative estimate of drug-likeness (QED) is 0.311. The van der Waals surface area contributed by atoms with Gasteiger partial charge >= 0.3 is 5.97 Å². The highest BCUT2D eigenvalue weighted by atomic mass is 32.2. The van der Waals surface area contributed by atoms with Crippen molar-refractivity contribution in [2.45, 2.75) is 71.4 Å². The van der Waals surface area contributed by atoms with Crippen molar-refractivity contribution in [3.63, 3.8) is 0 Å². The molecule has 0 spiro atoms. The molecule has 5 nitrogen and oxygen atoms in total. The van der Waals surface area contributed by atoms with Gasteiger partial charge in [0.1, 0.15) is 5.54 Å². The van der Waals surface area contributed by atoms with E-state index in [-0.39, 0.29) is 17.9 Å². The summed E-state index contributed by atoms with van der Waals surface area (Å²) in [6.07, 6.45) is 10.1. The number of carbonyl (C=O) groups is 2. The monoisotopic (exact) mass is 434 g/mol. The largest absolute Gasteiger partial charge is 0.469 e. The van der Waals surface area contributed by atoms with Crippen LogP contribution in [0.15, 0.2) is 36.3 Å². The van der Waals surface area contributed by atoms with Crippen molar-refractivity contribution in [3.8, 4) is 0 Å². The zero-order valence-electron chi connectivity index (χ0n) is 19.1. The van der Waals surface area contributed by atoms with E-state index in [4.69, 9.17) is 4.74 Å². The number of fused-ring (bicyclic) bond motifs is 2. The molecule has 2 fully saturated rings. The SMILES string of the molecule is C=C/C=C(\C=C)SNC(C)(C)C(=O)NC1C(CC)CC2CC1CC(C)(C(=O)OC)C2. The van der Waals surface area contributed by atoms with Crippen LogP contribution in [0, 0.1) is 23.2 Å². The number of hydrogen-bond acceptors (Lipinski definition) is 5. The van der Waals surface area contributed by atoms with Gasteiger partial charge in [0.2, 0.25) is 5.91 Å². The molecule has 168 valence electrons. The van der Waals surface area contributed by atoms with E-state index < -0.39 is 11.0 Å². The smallest absolute Gasteiger partial charge is 0.311 e. The summed E-state index contributed by atoms with van der Waals surface area (Å²) < 4.78 is 8.37. The second kappa shape index (κ2) is 10.2. The molecule has 2 saturated carbocycles. The van der Waals surface area contributed by atoms with E-state index in [2.05, 4.69) is 30.1 Å².